The molecule has 0 spiro atoms. The Morgan fingerprint density at radius 2 is 1.32 bits per heavy atom. The van der Waals surface area contributed by atoms with Crippen LogP contribution in [0.4, 0.5) is 5.69 Å². The van der Waals surface area contributed by atoms with E-state index in [-0.39, 0.29) is 24.3 Å². The standard InChI is InChI=1S/C32H50N2O6/c1-27(32(39)40)17-14-15-23-33-31(38)28-19-21-29(22-20-28)34(24-26-36)30(37)18-13-11-9-7-5-3-2-4-6-8-10-12-16-25-35/h19-22,25-27H,2-18,23-24H2,1H3,(H,33,38)(H,39,40)/t27-/m0/s1. The van der Waals surface area contributed by atoms with Crippen LogP contribution in [0.2, 0.25) is 0 Å². The van der Waals surface area contributed by atoms with E-state index < -0.39 is 5.97 Å². The predicted molar refractivity (Wildman–Crippen MR) is 159 cm³/mol. The molecule has 0 unspecified atom stereocenters. The van der Waals surface area contributed by atoms with Crippen molar-refractivity contribution in [3.63, 3.8) is 0 Å². The van der Waals surface area contributed by atoms with Gasteiger partial charge in [0, 0.05) is 30.6 Å². The number of unbranched alkanes of at least 4 members (excludes halogenated alkanes) is 13. The molecule has 0 bridgehead atoms. The van der Waals surface area contributed by atoms with Gasteiger partial charge in [0.2, 0.25) is 5.91 Å². The van der Waals surface area contributed by atoms with Crippen molar-refractivity contribution >= 4 is 36.0 Å². The highest BCUT2D eigenvalue weighted by Crippen LogP contribution is 2.18. The highest BCUT2D eigenvalue weighted by Gasteiger charge is 2.16. The lowest BCUT2D eigenvalue weighted by Crippen LogP contribution is -2.32. The van der Waals surface area contributed by atoms with Crippen molar-refractivity contribution in [2.24, 2.45) is 5.92 Å². The summed E-state index contributed by atoms with van der Waals surface area (Å²) in [4.78, 5) is 59.0. The summed E-state index contributed by atoms with van der Waals surface area (Å²) in [6.07, 6.45) is 18.5. The van der Waals surface area contributed by atoms with Crippen LogP contribution in [0.15, 0.2) is 24.3 Å². The Balaban J connectivity index is 2.26. The zero-order valence-corrected chi connectivity index (χ0v) is 24.4. The minimum atomic E-state index is -0.806. The molecule has 1 rings (SSSR count). The van der Waals surface area contributed by atoms with Crippen LogP contribution in [-0.4, -0.2) is 48.6 Å². The normalized spacial score (nSPS) is 11.5. The van der Waals surface area contributed by atoms with Crippen molar-refractivity contribution in [1.29, 1.82) is 0 Å². The predicted octanol–water partition coefficient (Wildman–Crippen LogP) is 6.50. The number of carbonyl (C=O) groups is 5. The second kappa shape index (κ2) is 22.8. The fourth-order valence-electron chi connectivity index (χ4n) is 4.63. The topological polar surface area (TPSA) is 121 Å². The fraction of sp³-hybridized carbons (Fsp3) is 0.656. The van der Waals surface area contributed by atoms with Gasteiger partial charge in [-0.2, -0.15) is 0 Å². The van der Waals surface area contributed by atoms with Gasteiger partial charge in [0.15, 0.2) is 0 Å². The summed E-state index contributed by atoms with van der Waals surface area (Å²) in [5, 5.41) is 11.8. The first kappa shape index (κ1) is 35.0. The van der Waals surface area contributed by atoms with Crippen LogP contribution in [0.1, 0.15) is 126 Å². The Morgan fingerprint density at radius 3 is 1.85 bits per heavy atom. The first-order valence-corrected chi connectivity index (χ1v) is 15.2. The molecular formula is C32H50N2O6. The maximum Gasteiger partial charge on any atom is 0.306 e. The Labute approximate surface area is 240 Å². The number of hydrogen-bond donors (Lipinski definition) is 2. The molecule has 0 saturated heterocycles. The highest BCUT2D eigenvalue weighted by molar-refractivity contribution is 5.97. The van der Waals surface area contributed by atoms with Crippen molar-refractivity contribution in [3.05, 3.63) is 29.8 Å². The smallest absolute Gasteiger partial charge is 0.306 e. The second-order valence-electron chi connectivity index (χ2n) is 10.7. The summed E-state index contributed by atoms with van der Waals surface area (Å²) >= 11 is 0. The van der Waals surface area contributed by atoms with E-state index in [1.54, 1.807) is 31.2 Å². The second-order valence-corrected chi connectivity index (χ2v) is 10.7. The first-order chi connectivity index (χ1) is 19.4. The molecular weight excluding hydrogens is 508 g/mol. The molecule has 0 radical (unpaired) electrons. The highest BCUT2D eigenvalue weighted by atomic mass is 16.4. The number of rotatable bonds is 25. The Bertz CT molecular complexity index is 871. The van der Waals surface area contributed by atoms with E-state index in [1.807, 2.05) is 0 Å². The number of carboxylic acid groups (broad SMARTS) is 1. The van der Waals surface area contributed by atoms with Gasteiger partial charge >= 0.3 is 5.97 Å². The Morgan fingerprint density at radius 1 is 0.775 bits per heavy atom. The van der Waals surface area contributed by atoms with Gasteiger partial charge in [-0.25, -0.2) is 0 Å². The molecule has 0 aliphatic rings. The number of carboxylic acids is 1. The van der Waals surface area contributed by atoms with Gasteiger partial charge in [0.05, 0.1) is 12.5 Å². The van der Waals surface area contributed by atoms with Crippen molar-refractivity contribution in [1.82, 2.24) is 5.32 Å². The maximum absolute atomic E-state index is 12.8. The summed E-state index contributed by atoms with van der Waals surface area (Å²) in [7, 11) is 0. The quantitative estimate of drug-likeness (QED) is 0.104. The first-order valence-electron chi connectivity index (χ1n) is 15.2. The van der Waals surface area contributed by atoms with Gasteiger partial charge < -0.3 is 24.9 Å². The molecule has 0 heterocycles. The Hall–Kier alpha value is -3.03. The van der Waals surface area contributed by atoms with Gasteiger partial charge in [-0.3, -0.25) is 14.4 Å². The van der Waals surface area contributed by atoms with E-state index >= 15 is 0 Å². The average molecular weight is 559 g/mol. The Kier molecular flexibility index (Phi) is 19.9. The van der Waals surface area contributed by atoms with Gasteiger partial charge in [-0.1, -0.05) is 77.6 Å². The van der Waals surface area contributed by atoms with Crippen LogP contribution < -0.4 is 10.2 Å². The SMILES string of the molecule is C[C@@H](CCCCNC(=O)c1ccc(N(CC=O)C(=O)CCCCCCCCCCCCCCC=O)cc1)C(=O)O. The fourth-order valence-corrected chi connectivity index (χ4v) is 4.63. The summed E-state index contributed by atoms with van der Waals surface area (Å²) in [6, 6.07) is 6.68. The molecule has 2 N–H and O–H groups in total. The van der Waals surface area contributed by atoms with Gasteiger partial charge in [0.1, 0.15) is 12.6 Å². The van der Waals surface area contributed by atoms with E-state index in [4.69, 9.17) is 5.11 Å². The number of amides is 2. The summed E-state index contributed by atoms with van der Waals surface area (Å²) < 4.78 is 0. The van der Waals surface area contributed by atoms with Crippen LogP contribution in [0, 0.1) is 5.92 Å². The van der Waals surface area contributed by atoms with Crippen LogP contribution >= 0.6 is 0 Å². The lowest BCUT2D eigenvalue weighted by Gasteiger charge is -2.20. The van der Waals surface area contributed by atoms with Crippen molar-refractivity contribution < 1.29 is 29.1 Å². The minimum Gasteiger partial charge on any atom is -0.481 e. The van der Waals surface area contributed by atoms with E-state index in [0.717, 1.165) is 51.1 Å². The molecule has 1 atom stereocenters. The summed E-state index contributed by atoms with van der Waals surface area (Å²) in [6.45, 7) is 2.12. The zero-order chi connectivity index (χ0) is 29.4. The molecule has 0 aliphatic carbocycles. The molecule has 0 aromatic heterocycles. The van der Waals surface area contributed by atoms with E-state index in [1.165, 1.54) is 49.8 Å². The number of anilines is 1. The monoisotopic (exact) mass is 558 g/mol. The average Bonchev–Trinajstić information content (AvgIpc) is 2.95. The molecule has 224 valence electrons. The number of nitrogens with zero attached hydrogens (tertiary/aromatic N) is 1. The minimum absolute atomic E-state index is 0.0176. The largest absolute Gasteiger partial charge is 0.481 e. The number of nitrogens with one attached hydrogen (secondary N) is 1. The number of aliphatic carboxylic acids is 1. The van der Waals surface area contributed by atoms with Crippen molar-refractivity contribution in [2.45, 2.75) is 116 Å². The van der Waals surface area contributed by atoms with Crippen LogP contribution in [-0.2, 0) is 19.2 Å². The van der Waals surface area contributed by atoms with E-state index in [2.05, 4.69) is 5.32 Å². The number of hydrogen-bond acceptors (Lipinski definition) is 5. The van der Waals surface area contributed by atoms with Crippen LogP contribution in [0.3, 0.4) is 0 Å². The molecule has 8 nitrogen and oxygen atoms in total. The zero-order valence-electron chi connectivity index (χ0n) is 24.4. The molecule has 0 aliphatic heterocycles. The lowest BCUT2D eigenvalue weighted by atomic mass is 10.0. The molecule has 0 saturated carbocycles. The number of benzene rings is 1. The number of aldehydes is 2. The van der Waals surface area contributed by atoms with E-state index in [9.17, 15) is 24.0 Å². The summed E-state index contributed by atoms with van der Waals surface area (Å²) in [5.41, 5.74) is 1.07. The van der Waals surface area contributed by atoms with Gasteiger partial charge in [-0.15, -0.1) is 0 Å². The molecule has 0 fully saturated rings. The molecule has 1 aromatic rings. The van der Waals surface area contributed by atoms with Gasteiger partial charge in [-0.05, 0) is 49.9 Å². The maximum atomic E-state index is 12.8. The third-order valence-corrected chi connectivity index (χ3v) is 7.23. The third kappa shape index (κ3) is 16.2. The molecule has 1 aromatic carbocycles. The van der Waals surface area contributed by atoms with Gasteiger partial charge in [0.25, 0.3) is 5.91 Å². The third-order valence-electron chi connectivity index (χ3n) is 7.23. The summed E-state index contributed by atoms with van der Waals surface area (Å²) in [5.74, 6) is -1.51. The van der Waals surface area contributed by atoms with Crippen molar-refractivity contribution in [3.8, 4) is 0 Å². The number of carbonyl (C=O) groups excluding carboxylic acids is 4. The molecule has 8 heteroatoms. The molecule has 40 heavy (non-hydrogen) atoms. The lowest BCUT2D eigenvalue weighted by molar-refractivity contribution is -0.141. The van der Waals surface area contributed by atoms with E-state index in [0.29, 0.717) is 43.5 Å². The van der Waals surface area contributed by atoms with Crippen molar-refractivity contribution in [2.75, 3.05) is 18.0 Å². The van der Waals surface area contributed by atoms with Crippen LogP contribution in [0.25, 0.3) is 0 Å². The van der Waals surface area contributed by atoms with Crippen LogP contribution in [0.5, 0.6) is 0 Å². The molecule has 2 amide bonds.